The van der Waals surface area contributed by atoms with E-state index in [2.05, 4.69) is 19.9 Å². The Morgan fingerprint density at radius 1 is 1.09 bits per heavy atom. The van der Waals surface area contributed by atoms with Crippen LogP contribution in [0, 0.1) is 17.0 Å². The summed E-state index contributed by atoms with van der Waals surface area (Å²) in [7, 11) is -4.91. The summed E-state index contributed by atoms with van der Waals surface area (Å²) < 4.78 is 44.3. The molecule has 1 unspecified atom stereocenters. The van der Waals surface area contributed by atoms with Crippen LogP contribution in [-0.2, 0) is 14.9 Å². The molecule has 10 heteroatoms. The number of hydrogen-bond donors (Lipinski definition) is 0. The highest BCUT2D eigenvalue weighted by Gasteiger charge is 2.22. The molecule has 0 aliphatic heterocycles. The van der Waals surface area contributed by atoms with Crippen LogP contribution in [-0.4, -0.2) is 30.5 Å². The number of nitro groups is 1. The van der Waals surface area contributed by atoms with Crippen LogP contribution in [0.25, 0.3) is 10.8 Å². The van der Waals surface area contributed by atoms with E-state index < -0.39 is 38.2 Å². The number of carbonyl (C=O) groups excluding carboxylic acids is 1. The third-order valence-corrected chi connectivity index (χ3v) is 6.30. The Morgan fingerprint density at radius 3 is 2.39 bits per heavy atom. The smallest absolute Gasteiger partial charge is 0.349 e. The summed E-state index contributed by atoms with van der Waals surface area (Å²) in [5.74, 6) is -0.443. The fourth-order valence-corrected chi connectivity index (χ4v) is 4.03. The van der Waals surface area contributed by atoms with Crippen molar-refractivity contribution in [2.75, 3.05) is 6.61 Å². The highest BCUT2D eigenvalue weighted by molar-refractivity contribution is 7.85. The zero-order chi connectivity index (χ0) is 24.3. The molecule has 33 heavy (non-hydrogen) atoms. The van der Waals surface area contributed by atoms with Crippen molar-refractivity contribution in [1.29, 1.82) is 0 Å². The lowest BCUT2D eigenvalue weighted by atomic mass is 9.96. The Bertz CT molecular complexity index is 1330. The lowest BCUT2D eigenvalue weighted by Crippen LogP contribution is -2.18. The second-order valence-electron chi connectivity index (χ2n) is 7.64. The monoisotopic (exact) mass is 472 g/mol. The molecule has 0 saturated heterocycles. The van der Waals surface area contributed by atoms with Crippen LogP contribution in [0.2, 0.25) is 0 Å². The van der Waals surface area contributed by atoms with Gasteiger partial charge < -0.3 is 14.0 Å². The van der Waals surface area contributed by atoms with Crippen molar-refractivity contribution in [2.45, 2.75) is 38.0 Å². The Hall–Kier alpha value is -3.50. The molecule has 174 valence electrons. The molecule has 0 saturated carbocycles. The first-order valence-corrected chi connectivity index (χ1v) is 11.5. The van der Waals surface area contributed by atoms with Crippen LogP contribution in [0.5, 0.6) is 11.5 Å². The molecule has 0 aliphatic carbocycles. The van der Waals surface area contributed by atoms with Crippen LogP contribution in [0.1, 0.15) is 37.3 Å². The van der Waals surface area contributed by atoms with Gasteiger partial charge in [0.2, 0.25) is 0 Å². The molecule has 1 atom stereocenters. The Morgan fingerprint density at radius 2 is 1.76 bits per heavy atom. The quantitative estimate of drug-likeness (QED) is 0.154. The lowest BCUT2D eigenvalue weighted by Gasteiger charge is -2.13. The average molecular weight is 472 g/mol. The Balaban J connectivity index is 1.74. The molecule has 0 aromatic heterocycles. The molecule has 0 bridgehead atoms. The number of hydrogen-bond acceptors (Lipinski definition) is 8. The number of nitrogens with zero attached hydrogens (tertiary/aromatic N) is 1. The van der Waals surface area contributed by atoms with Crippen LogP contribution >= 0.6 is 0 Å². The van der Waals surface area contributed by atoms with Crippen molar-refractivity contribution >= 4 is 32.5 Å². The van der Waals surface area contributed by atoms with E-state index >= 15 is 0 Å². The van der Waals surface area contributed by atoms with Gasteiger partial charge in [0.05, 0.1) is 9.82 Å². The molecule has 0 spiro atoms. The average Bonchev–Trinajstić information content (AvgIpc) is 2.75. The molecule has 3 aromatic rings. The van der Waals surface area contributed by atoms with Gasteiger partial charge >= 0.3 is 11.7 Å². The third-order valence-electron chi connectivity index (χ3n) is 5.32. The highest BCUT2D eigenvalue weighted by atomic mass is 32.2. The van der Waals surface area contributed by atoms with Gasteiger partial charge in [0.15, 0.2) is 12.4 Å². The van der Waals surface area contributed by atoms with E-state index in [0.29, 0.717) is 12.0 Å². The van der Waals surface area contributed by atoms with Crippen molar-refractivity contribution in [1.82, 2.24) is 0 Å². The zero-order valence-corrected chi connectivity index (χ0v) is 19.0. The van der Waals surface area contributed by atoms with Crippen LogP contribution in [0.15, 0.2) is 53.4 Å². The van der Waals surface area contributed by atoms with E-state index in [1.165, 1.54) is 12.5 Å². The van der Waals surface area contributed by atoms with Gasteiger partial charge in [-0.05, 0) is 59.4 Å². The summed E-state index contributed by atoms with van der Waals surface area (Å²) in [5, 5.41) is 13.2. The Labute approximate surface area is 190 Å². The maximum absolute atomic E-state index is 12.2. The molecule has 0 aliphatic rings. The van der Waals surface area contributed by atoms with Gasteiger partial charge in [-0.25, -0.2) is 13.2 Å². The summed E-state index contributed by atoms with van der Waals surface area (Å²) in [6, 6.07) is 12.9. The molecule has 3 aromatic carbocycles. The molecular formula is C23H22NO8S-. The molecule has 9 nitrogen and oxygen atoms in total. The number of benzene rings is 3. The van der Waals surface area contributed by atoms with Crippen molar-refractivity contribution in [3.05, 3.63) is 69.8 Å². The van der Waals surface area contributed by atoms with Crippen molar-refractivity contribution in [3.63, 3.8) is 0 Å². The number of fused-ring (bicyclic) bond motifs is 1. The number of nitro benzene ring substituents is 1. The standard InChI is InChI=1S/C23H23NO8S/c1-4-14(2)16-5-6-18-11-19(8-7-17(18)10-16)32-23(25)13-31-21-9-15(3)22(33(28,29)30)12-20(21)24(26)27/h5-12,14H,4,13H2,1-3H3,(H,28,29,30)/p-1. The summed E-state index contributed by atoms with van der Waals surface area (Å²) in [6.45, 7) is 4.90. The summed E-state index contributed by atoms with van der Waals surface area (Å²) in [4.78, 5) is 21.9. The predicted octanol–water partition coefficient (Wildman–Crippen LogP) is 4.46. The first-order valence-electron chi connectivity index (χ1n) is 10.1. The van der Waals surface area contributed by atoms with Gasteiger partial charge in [-0.3, -0.25) is 10.1 Å². The topological polar surface area (TPSA) is 136 Å². The highest BCUT2D eigenvalue weighted by Crippen LogP contribution is 2.32. The second kappa shape index (κ2) is 9.55. The first-order chi connectivity index (χ1) is 15.5. The summed E-state index contributed by atoms with van der Waals surface area (Å²) in [6.07, 6.45) is 1.02. The van der Waals surface area contributed by atoms with E-state index in [9.17, 15) is 27.9 Å². The second-order valence-corrected chi connectivity index (χ2v) is 8.99. The molecular weight excluding hydrogens is 450 g/mol. The van der Waals surface area contributed by atoms with Gasteiger partial charge in [-0.2, -0.15) is 0 Å². The van der Waals surface area contributed by atoms with Crippen molar-refractivity contribution in [3.8, 4) is 11.5 Å². The normalized spacial score (nSPS) is 12.4. The number of aryl methyl sites for hydroxylation is 1. The largest absolute Gasteiger partial charge is 0.744 e. The first kappa shape index (κ1) is 24.1. The van der Waals surface area contributed by atoms with E-state index in [0.717, 1.165) is 23.3 Å². The molecule has 0 amide bonds. The van der Waals surface area contributed by atoms with Crippen LogP contribution in [0.3, 0.4) is 0 Å². The fourth-order valence-electron chi connectivity index (χ4n) is 3.32. The lowest BCUT2D eigenvalue weighted by molar-refractivity contribution is -0.386. The summed E-state index contributed by atoms with van der Waals surface area (Å²) >= 11 is 0. The van der Waals surface area contributed by atoms with Crippen molar-refractivity contribution < 1.29 is 32.2 Å². The van der Waals surface area contributed by atoms with Gasteiger partial charge in [0.25, 0.3) is 0 Å². The predicted molar refractivity (Wildman–Crippen MR) is 120 cm³/mol. The number of carbonyl (C=O) groups is 1. The van der Waals surface area contributed by atoms with Crippen molar-refractivity contribution in [2.24, 2.45) is 0 Å². The molecule has 0 fully saturated rings. The maximum atomic E-state index is 12.2. The molecule has 0 radical (unpaired) electrons. The minimum atomic E-state index is -4.91. The summed E-state index contributed by atoms with van der Waals surface area (Å²) in [5.41, 5.74) is 0.437. The number of ether oxygens (including phenoxy) is 2. The molecule has 3 rings (SSSR count). The van der Waals surface area contributed by atoms with E-state index in [-0.39, 0.29) is 17.1 Å². The minimum Gasteiger partial charge on any atom is -0.744 e. The minimum absolute atomic E-state index is 0.0368. The zero-order valence-electron chi connectivity index (χ0n) is 18.2. The van der Waals surface area contributed by atoms with Gasteiger partial charge in [0.1, 0.15) is 15.9 Å². The van der Waals surface area contributed by atoms with E-state index in [4.69, 9.17) is 9.47 Å². The maximum Gasteiger partial charge on any atom is 0.349 e. The SMILES string of the molecule is CCC(C)c1ccc2cc(OC(=O)COc3cc(C)c(S(=O)(=O)[O-])cc3[N+](=O)[O-])ccc2c1. The van der Waals surface area contributed by atoms with E-state index in [1.807, 2.05) is 18.2 Å². The van der Waals surface area contributed by atoms with Crippen LogP contribution in [0.4, 0.5) is 5.69 Å². The number of rotatable bonds is 8. The fraction of sp³-hybridized carbons (Fsp3) is 0.261. The molecule has 0 N–H and O–H groups in total. The Kier molecular flexibility index (Phi) is 6.99. The number of esters is 1. The van der Waals surface area contributed by atoms with Gasteiger partial charge in [0, 0.05) is 6.07 Å². The molecule has 0 heterocycles. The third kappa shape index (κ3) is 5.65. The van der Waals surface area contributed by atoms with E-state index in [1.54, 1.807) is 12.1 Å². The van der Waals surface area contributed by atoms with Crippen LogP contribution < -0.4 is 9.47 Å². The van der Waals surface area contributed by atoms with Gasteiger partial charge in [-0.15, -0.1) is 0 Å². The van der Waals surface area contributed by atoms with Gasteiger partial charge in [-0.1, -0.05) is 38.1 Å².